The molecule has 0 amide bonds. The van der Waals surface area contributed by atoms with E-state index in [1.165, 1.54) is 15.8 Å². The Labute approximate surface area is 158 Å². The molecule has 0 aliphatic carbocycles. The fourth-order valence-electron chi connectivity index (χ4n) is 2.79. The van der Waals surface area contributed by atoms with Gasteiger partial charge in [-0.05, 0) is 78.2 Å². The van der Waals surface area contributed by atoms with Crippen molar-refractivity contribution in [1.82, 2.24) is 9.78 Å². The van der Waals surface area contributed by atoms with Gasteiger partial charge in [0.05, 0.1) is 10.2 Å². The van der Waals surface area contributed by atoms with Crippen LogP contribution in [0.1, 0.15) is 54.5 Å². The normalized spacial score (nSPS) is 11.2. The summed E-state index contributed by atoms with van der Waals surface area (Å²) in [7, 11) is 0. The summed E-state index contributed by atoms with van der Waals surface area (Å²) in [5.74, 6) is 1.15. The van der Waals surface area contributed by atoms with Crippen molar-refractivity contribution in [3.8, 4) is 5.75 Å². The molecule has 0 atom stereocenters. The van der Waals surface area contributed by atoms with Gasteiger partial charge in [0.25, 0.3) is 5.91 Å². The van der Waals surface area contributed by atoms with E-state index in [4.69, 9.17) is 4.74 Å². The first-order chi connectivity index (χ1) is 11.8. The molecule has 0 aliphatic heterocycles. The zero-order chi connectivity index (χ0) is 18.6. The number of hydrogen-bond donors (Lipinski definition) is 0. The van der Waals surface area contributed by atoms with E-state index in [1.807, 2.05) is 32.0 Å². The van der Waals surface area contributed by atoms with Crippen molar-refractivity contribution in [2.24, 2.45) is 5.92 Å². The van der Waals surface area contributed by atoms with Gasteiger partial charge in [0.15, 0.2) is 6.61 Å². The fraction of sp³-hybridized carbons (Fsp3) is 0.500. The molecule has 0 spiro atoms. The van der Waals surface area contributed by atoms with Crippen LogP contribution < -0.4 is 4.74 Å². The monoisotopic (exact) mass is 406 g/mol. The van der Waals surface area contributed by atoms with Gasteiger partial charge in [-0.3, -0.25) is 4.79 Å². The lowest BCUT2D eigenvalue weighted by Gasteiger charge is -2.10. The van der Waals surface area contributed by atoms with Gasteiger partial charge < -0.3 is 4.74 Å². The molecule has 5 heteroatoms. The SMILES string of the molecule is CCc1ccc(OCC(=O)n2nc(C)c(CCC(C)C)c2C)c(Br)c1. The van der Waals surface area contributed by atoms with Gasteiger partial charge in [-0.1, -0.05) is 26.8 Å². The second-order valence-corrected chi connectivity index (χ2v) is 7.65. The van der Waals surface area contributed by atoms with Crippen LogP contribution in [-0.2, 0) is 12.8 Å². The average Bonchev–Trinajstić information content (AvgIpc) is 2.85. The van der Waals surface area contributed by atoms with Crippen molar-refractivity contribution in [2.45, 2.75) is 53.9 Å². The molecular formula is C20H27BrN2O2. The molecule has 0 unspecified atom stereocenters. The van der Waals surface area contributed by atoms with Crippen molar-refractivity contribution in [3.05, 3.63) is 45.2 Å². The molecule has 0 N–H and O–H groups in total. The smallest absolute Gasteiger partial charge is 0.284 e. The third-order valence-electron chi connectivity index (χ3n) is 4.40. The van der Waals surface area contributed by atoms with Crippen molar-refractivity contribution in [3.63, 3.8) is 0 Å². The summed E-state index contributed by atoms with van der Waals surface area (Å²) in [6.07, 6.45) is 3.00. The maximum Gasteiger partial charge on any atom is 0.284 e. The molecule has 0 bridgehead atoms. The van der Waals surface area contributed by atoms with E-state index in [0.29, 0.717) is 11.7 Å². The Morgan fingerprint density at radius 1 is 1.32 bits per heavy atom. The summed E-state index contributed by atoms with van der Waals surface area (Å²) in [6, 6.07) is 5.93. The number of carbonyl (C=O) groups is 1. The molecule has 1 aromatic carbocycles. The Balaban J connectivity index is 2.07. The highest BCUT2D eigenvalue weighted by atomic mass is 79.9. The third-order valence-corrected chi connectivity index (χ3v) is 5.02. The Kier molecular flexibility index (Phi) is 6.82. The second-order valence-electron chi connectivity index (χ2n) is 6.79. The number of benzene rings is 1. The summed E-state index contributed by atoms with van der Waals surface area (Å²) in [5.41, 5.74) is 4.25. The molecular weight excluding hydrogens is 380 g/mol. The van der Waals surface area contributed by atoms with Crippen LogP contribution >= 0.6 is 15.9 Å². The van der Waals surface area contributed by atoms with E-state index in [-0.39, 0.29) is 12.5 Å². The second kappa shape index (κ2) is 8.65. The molecule has 0 saturated heterocycles. The van der Waals surface area contributed by atoms with Crippen LogP contribution in [0.25, 0.3) is 0 Å². The van der Waals surface area contributed by atoms with E-state index in [1.54, 1.807) is 0 Å². The number of rotatable bonds is 7. The van der Waals surface area contributed by atoms with E-state index in [9.17, 15) is 4.79 Å². The molecule has 2 rings (SSSR count). The molecule has 136 valence electrons. The largest absolute Gasteiger partial charge is 0.483 e. The van der Waals surface area contributed by atoms with Gasteiger partial charge in [0.1, 0.15) is 5.75 Å². The van der Waals surface area contributed by atoms with Crippen LogP contribution in [0.5, 0.6) is 5.75 Å². The van der Waals surface area contributed by atoms with Crippen LogP contribution in [0, 0.1) is 19.8 Å². The highest BCUT2D eigenvalue weighted by Crippen LogP contribution is 2.26. The third kappa shape index (κ3) is 4.94. The Bertz CT molecular complexity index is 750. The molecule has 25 heavy (non-hydrogen) atoms. The minimum atomic E-state index is -0.150. The first-order valence-electron chi connectivity index (χ1n) is 8.83. The first-order valence-corrected chi connectivity index (χ1v) is 9.62. The zero-order valence-corrected chi connectivity index (χ0v) is 17.3. The van der Waals surface area contributed by atoms with Gasteiger partial charge in [-0.25, -0.2) is 4.68 Å². The number of aryl methyl sites for hydroxylation is 2. The maximum absolute atomic E-state index is 12.5. The van der Waals surface area contributed by atoms with E-state index in [2.05, 4.69) is 41.8 Å². The first kappa shape index (κ1) is 19.7. The summed E-state index contributed by atoms with van der Waals surface area (Å²) in [6.45, 7) is 10.4. The number of hydrogen-bond acceptors (Lipinski definition) is 3. The number of carbonyl (C=O) groups excluding carboxylic acids is 1. The number of ether oxygens (including phenoxy) is 1. The lowest BCUT2D eigenvalue weighted by atomic mass is 10.0. The molecule has 0 fully saturated rings. The van der Waals surface area contributed by atoms with Crippen LogP contribution in [0.4, 0.5) is 0 Å². The highest BCUT2D eigenvalue weighted by Gasteiger charge is 2.17. The van der Waals surface area contributed by atoms with Crippen LogP contribution in [0.2, 0.25) is 0 Å². The van der Waals surface area contributed by atoms with Gasteiger partial charge in [-0.2, -0.15) is 5.10 Å². The van der Waals surface area contributed by atoms with E-state index in [0.717, 1.165) is 35.1 Å². The number of nitrogens with zero attached hydrogens (tertiary/aromatic N) is 2. The maximum atomic E-state index is 12.5. The quantitative estimate of drug-likeness (QED) is 0.639. The predicted molar refractivity (Wildman–Crippen MR) is 105 cm³/mol. The van der Waals surface area contributed by atoms with Crippen molar-refractivity contribution >= 4 is 21.8 Å². The zero-order valence-electron chi connectivity index (χ0n) is 15.7. The lowest BCUT2D eigenvalue weighted by Crippen LogP contribution is -2.22. The van der Waals surface area contributed by atoms with E-state index < -0.39 is 0 Å². The van der Waals surface area contributed by atoms with Crippen molar-refractivity contribution < 1.29 is 9.53 Å². The van der Waals surface area contributed by atoms with Crippen LogP contribution in [-0.4, -0.2) is 22.3 Å². The van der Waals surface area contributed by atoms with Crippen molar-refractivity contribution in [1.29, 1.82) is 0 Å². The molecule has 2 aromatic rings. The Morgan fingerprint density at radius 3 is 2.64 bits per heavy atom. The Hall–Kier alpha value is -1.62. The number of aromatic nitrogens is 2. The van der Waals surface area contributed by atoms with Gasteiger partial charge in [-0.15, -0.1) is 0 Å². The van der Waals surface area contributed by atoms with E-state index >= 15 is 0 Å². The predicted octanol–water partition coefficient (Wildman–Crippen LogP) is 5.13. The van der Waals surface area contributed by atoms with Crippen LogP contribution in [0.15, 0.2) is 22.7 Å². The average molecular weight is 407 g/mol. The summed E-state index contributed by atoms with van der Waals surface area (Å²) >= 11 is 3.50. The number of halogens is 1. The van der Waals surface area contributed by atoms with Gasteiger partial charge in [0, 0.05) is 5.69 Å². The summed E-state index contributed by atoms with van der Waals surface area (Å²) < 4.78 is 8.05. The minimum absolute atomic E-state index is 0.0321. The summed E-state index contributed by atoms with van der Waals surface area (Å²) in [5, 5.41) is 4.43. The van der Waals surface area contributed by atoms with Gasteiger partial charge >= 0.3 is 0 Å². The fourth-order valence-corrected chi connectivity index (χ4v) is 3.34. The molecule has 0 radical (unpaired) electrons. The molecule has 0 saturated carbocycles. The van der Waals surface area contributed by atoms with Gasteiger partial charge in [0.2, 0.25) is 0 Å². The Morgan fingerprint density at radius 2 is 2.04 bits per heavy atom. The highest BCUT2D eigenvalue weighted by molar-refractivity contribution is 9.10. The summed E-state index contributed by atoms with van der Waals surface area (Å²) in [4.78, 5) is 12.5. The standard InChI is InChI=1S/C20H27BrN2O2/c1-6-16-8-10-19(18(21)11-16)25-12-20(24)23-15(5)17(14(4)22-23)9-7-13(2)3/h8,10-11,13H,6-7,9,12H2,1-5H3. The molecule has 1 heterocycles. The molecule has 1 aromatic heterocycles. The van der Waals surface area contributed by atoms with Crippen LogP contribution in [0.3, 0.4) is 0 Å². The minimum Gasteiger partial charge on any atom is -0.483 e. The molecule has 4 nitrogen and oxygen atoms in total. The molecule has 0 aliphatic rings. The topological polar surface area (TPSA) is 44.1 Å². The lowest BCUT2D eigenvalue weighted by molar-refractivity contribution is 0.0817. The van der Waals surface area contributed by atoms with Crippen molar-refractivity contribution in [2.75, 3.05) is 6.61 Å².